The van der Waals surface area contributed by atoms with Crippen LogP contribution in [0.5, 0.6) is 11.5 Å². The summed E-state index contributed by atoms with van der Waals surface area (Å²) in [6, 6.07) is 3.71. The molecule has 7 heteroatoms. The monoisotopic (exact) mass is 382 g/mol. The number of benzene rings is 1. The predicted molar refractivity (Wildman–Crippen MR) is 100 cm³/mol. The third kappa shape index (κ3) is 3.58. The zero-order valence-electron chi connectivity index (χ0n) is 15.9. The fourth-order valence-electron chi connectivity index (χ4n) is 3.78. The largest absolute Gasteiger partial charge is 0.493 e. The Labute approximate surface area is 159 Å². The molecule has 1 atom stereocenters. The Morgan fingerprint density at radius 3 is 2.77 bits per heavy atom. The number of carbonyl (C=O) groups excluding carboxylic acids is 1. The topological polar surface area (TPSA) is 51.2 Å². The van der Waals surface area contributed by atoms with Crippen molar-refractivity contribution in [2.45, 2.75) is 45.4 Å². The van der Waals surface area contributed by atoms with E-state index >= 15 is 0 Å². The van der Waals surface area contributed by atoms with Crippen LogP contribution in [-0.4, -0.2) is 60.9 Å². The summed E-state index contributed by atoms with van der Waals surface area (Å²) in [7, 11) is 1.62. The first-order valence-corrected chi connectivity index (χ1v) is 9.46. The number of hydrogen-bond donors (Lipinski definition) is 0. The van der Waals surface area contributed by atoms with Gasteiger partial charge in [-0.05, 0) is 26.3 Å². The predicted octanol–water partition coefficient (Wildman–Crippen LogP) is 3.55. The first-order chi connectivity index (χ1) is 12.4. The zero-order chi connectivity index (χ0) is 18.9. The van der Waals surface area contributed by atoms with E-state index in [1.165, 1.54) is 0 Å². The second kappa shape index (κ2) is 7.53. The van der Waals surface area contributed by atoms with Crippen molar-refractivity contribution >= 4 is 17.7 Å². The molecule has 1 aromatic rings. The highest BCUT2D eigenvalue weighted by Gasteiger charge is 2.49. The number of amides is 1. The van der Waals surface area contributed by atoms with Gasteiger partial charge >= 0.3 is 6.09 Å². The van der Waals surface area contributed by atoms with Crippen LogP contribution in [-0.2, 0) is 11.3 Å². The van der Waals surface area contributed by atoms with Gasteiger partial charge in [0.05, 0.1) is 18.8 Å². The summed E-state index contributed by atoms with van der Waals surface area (Å²) in [5.74, 6) is 1.38. The molecule has 0 aromatic heterocycles. The van der Waals surface area contributed by atoms with Crippen LogP contribution in [0.1, 0.15) is 32.8 Å². The van der Waals surface area contributed by atoms with Gasteiger partial charge in [0.2, 0.25) is 0 Å². The minimum atomic E-state index is -0.239. The Balaban J connectivity index is 1.85. The summed E-state index contributed by atoms with van der Waals surface area (Å²) in [6.07, 6.45) is 0.701. The average molecular weight is 383 g/mol. The van der Waals surface area contributed by atoms with Crippen molar-refractivity contribution in [3.05, 3.63) is 22.7 Å². The molecule has 1 amide bonds. The van der Waals surface area contributed by atoms with Crippen molar-refractivity contribution < 1.29 is 19.0 Å². The number of cyclic esters (lactones) is 1. The van der Waals surface area contributed by atoms with E-state index in [4.69, 9.17) is 25.8 Å². The number of carbonyl (C=O) groups is 1. The maximum absolute atomic E-state index is 12.0. The van der Waals surface area contributed by atoms with Crippen LogP contribution in [0.25, 0.3) is 0 Å². The molecule has 0 radical (unpaired) electrons. The van der Waals surface area contributed by atoms with Crippen molar-refractivity contribution in [2.75, 3.05) is 33.4 Å². The molecule has 0 saturated carbocycles. The second-order valence-electron chi connectivity index (χ2n) is 7.26. The number of rotatable bonds is 6. The van der Waals surface area contributed by atoms with Gasteiger partial charge in [-0.2, -0.15) is 0 Å². The molecule has 3 rings (SSSR count). The third-order valence-corrected chi connectivity index (χ3v) is 5.36. The SMILES string of the molecule is CCC12COC(=O)N1CCN(Cc1cc(Cl)cc(OC)c1OC(C)C)C2. The van der Waals surface area contributed by atoms with Crippen LogP contribution in [0.4, 0.5) is 4.79 Å². The standard InChI is InChI=1S/C19H27ClN2O4/c1-5-19-11-21(6-7-22(19)18(23)25-12-19)10-14-8-15(20)9-16(24-4)17(14)26-13(2)3/h8-9,13H,5-7,10-12H2,1-4H3. The van der Waals surface area contributed by atoms with Gasteiger partial charge in [-0.3, -0.25) is 9.80 Å². The average Bonchev–Trinajstić information content (AvgIpc) is 2.93. The van der Waals surface area contributed by atoms with Gasteiger partial charge in [0.15, 0.2) is 11.5 Å². The highest BCUT2D eigenvalue weighted by Crippen LogP contribution is 2.38. The minimum Gasteiger partial charge on any atom is -0.493 e. The molecule has 26 heavy (non-hydrogen) atoms. The van der Waals surface area contributed by atoms with Crippen LogP contribution in [0.15, 0.2) is 12.1 Å². The molecule has 2 heterocycles. The smallest absolute Gasteiger partial charge is 0.410 e. The van der Waals surface area contributed by atoms with E-state index < -0.39 is 0 Å². The summed E-state index contributed by atoms with van der Waals surface area (Å²) in [4.78, 5) is 16.2. The van der Waals surface area contributed by atoms with E-state index in [-0.39, 0.29) is 17.7 Å². The molecule has 6 nitrogen and oxygen atoms in total. The summed E-state index contributed by atoms with van der Waals surface area (Å²) >= 11 is 6.29. The molecule has 2 saturated heterocycles. The molecule has 2 aliphatic rings. The minimum absolute atomic E-state index is 0.0310. The number of methoxy groups -OCH3 is 1. The van der Waals surface area contributed by atoms with Crippen molar-refractivity contribution in [3.63, 3.8) is 0 Å². The van der Waals surface area contributed by atoms with E-state index in [1.807, 2.05) is 24.8 Å². The van der Waals surface area contributed by atoms with Gasteiger partial charge in [0.1, 0.15) is 6.61 Å². The molecular weight excluding hydrogens is 356 g/mol. The Kier molecular flexibility index (Phi) is 5.53. The van der Waals surface area contributed by atoms with Gasteiger partial charge in [-0.25, -0.2) is 4.79 Å². The quantitative estimate of drug-likeness (QED) is 0.753. The van der Waals surface area contributed by atoms with Crippen molar-refractivity contribution in [1.82, 2.24) is 9.80 Å². The lowest BCUT2D eigenvalue weighted by atomic mass is 9.92. The summed E-state index contributed by atoms with van der Waals surface area (Å²) < 4.78 is 16.8. The number of nitrogens with zero attached hydrogens (tertiary/aromatic N) is 2. The van der Waals surface area contributed by atoms with Gasteiger partial charge in [-0.1, -0.05) is 18.5 Å². The van der Waals surface area contributed by atoms with Gasteiger partial charge < -0.3 is 14.2 Å². The van der Waals surface area contributed by atoms with Crippen LogP contribution in [0, 0.1) is 0 Å². The maximum Gasteiger partial charge on any atom is 0.410 e. The number of halogens is 1. The molecule has 2 aliphatic heterocycles. The summed E-state index contributed by atoms with van der Waals surface area (Å²) in [6.45, 7) is 9.45. The van der Waals surface area contributed by atoms with E-state index in [0.717, 1.165) is 30.8 Å². The van der Waals surface area contributed by atoms with Crippen molar-refractivity contribution in [2.24, 2.45) is 0 Å². The molecule has 1 aromatic carbocycles. The Hall–Kier alpha value is -1.66. The number of piperazine rings is 1. The lowest BCUT2D eigenvalue weighted by Gasteiger charge is -2.44. The molecule has 2 fully saturated rings. The fourth-order valence-corrected chi connectivity index (χ4v) is 4.01. The summed E-state index contributed by atoms with van der Waals surface area (Å²) in [5, 5.41) is 0.621. The Morgan fingerprint density at radius 2 is 2.12 bits per heavy atom. The number of ether oxygens (including phenoxy) is 3. The normalized spacial score (nSPS) is 23.2. The highest BCUT2D eigenvalue weighted by atomic mass is 35.5. The van der Waals surface area contributed by atoms with Gasteiger partial charge in [0, 0.05) is 42.8 Å². The van der Waals surface area contributed by atoms with Crippen LogP contribution >= 0.6 is 11.6 Å². The lowest BCUT2D eigenvalue weighted by molar-refractivity contribution is 0.0442. The molecule has 1 unspecified atom stereocenters. The van der Waals surface area contributed by atoms with Crippen LogP contribution in [0.3, 0.4) is 0 Å². The Morgan fingerprint density at radius 1 is 1.35 bits per heavy atom. The number of fused-ring (bicyclic) bond motifs is 1. The van der Waals surface area contributed by atoms with E-state index in [1.54, 1.807) is 13.2 Å². The summed E-state index contributed by atoms with van der Waals surface area (Å²) in [5.41, 5.74) is 0.754. The van der Waals surface area contributed by atoms with Crippen molar-refractivity contribution in [3.8, 4) is 11.5 Å². The maximum atomic E-state index is 12.0. The molecule has 0 N–H and O–H groups in total. The Bertz CT molecular complexity index is 682. The third-order valence-electron chi connectivity index (χ3n) is 5.14. The highest BCUT2D eigenvalue weighted by molar-refractivity contribution is 6.30. The molecule has 0 spiro atoms. The first kappa shape index (κ1) is 19.1. The van der Waals surface area contributed by atoms with E-state index in [0.29, 0.717) is 30.5 Å². The van der Waals surface area contributed by atoms with Crippen molar-refractivity contribution in [1.29, 1.82) is 0 Å². The zero-order valence-corrected chi connectivity index (χ0v) is 16.6. The first-order valence-electron chi connectivity index (χ1n) is 9.08. The lowest BCUT2D eigenvalue weighted by Crippen LogP contribution is -2.60. The van der Waals surface area contributed by atoms with Gasteiger partial charge in [0.25, 0.3) is 0 Å². The van der Waals surface area contributed by atoms with Crippen LogP contribution in [0.2, 0.25) is 5.02 Å². The number of hydrogen-bond acceptors (Lipinski definition) is 5. The molecule has 144 valence electrons. The van der Waals surface area contributed by atoms with E-state index in [9.17, 15) is 4.79 Å². The van der Waals surface area contributed by atoms with Crippen LogP contribution < -0.4 is 9.47 Å². The molecule has 0 bridgehead atoms. The van der Waals surface area contributed by atoms with Gasteiger partial charge in [-0.15, -0.1) is 0 Å². The molecule has 0 aliphatic carbocycles. The molecular formula is C19H27ClN2O4. The second-order valence-corrected chi connectivity index (χ2v) is 7.69. The fraction of sp³-hybridized carbons (Fsp3) is 0.632. The van der Waals surface area contributed by atoms with E-state index in [2.05, 4.69) is 11.8 Å².